The van der Waals surface area contributed by atoms with E-state index in [-0.39, 0.29) is 0 Å². The molecule has 12 fully saturated rings. The molecule has 15 rings (SSSR count). The van der Waals surface area contributed by atoms with Gasteiger partial charge in [0.15, 0.2) is 0 Å². The van der Waals surface area contributed by atoms with E-state index in [1.54, 1.807) is 16.7 Å². The highest BCUT2D eigenvalue weighted by atomic mass is 79.9. The van der Waals surface area contributed by atoms with Crippen molar-refractivity contribution in [3.05, 3.63) is 89.5 Å². The Bertz CT molecular complexity index is 1480. The van der Waals surface area contributed by atoms with Crippen LogP contribution in [0.4, 0.5) is 0 Å². The first-order valence-electron chi connectivity index (χ1n) is 21.2. The standard InChI is InChI=1S/C48H57BrS/c49-50(43-7-1-40(2-8-43)46-22-31-13-32(23-46)15-33(14-31)24-46,44-9-3-41(4-10-44)47-25-34-16-35(26-47)18-36(17-34)27-47)45-11-5-42(6-12-45)48-28-37-19-38(29-48)21-39(20-37)30-48/h1-12,31-39H,13-30H2. The number of benzene rings is 3. The third-order valence-electron chi connectivity index (χ3n) is 17.5. The van der Waals surface area contributed by atoms with Crippen molar-refractivity contribution in [2.45, 2.75) is 147 Å². The molecular formula is C48H57BrS. The summed E-state index contributed by atoms with van der Waals surface area (Å²) in [6.45, 7) is 0. The maximum absolute atomic E-state index is 4.66. The van der Waals surface area contributed by atoms with Gasteiger partial charge in [0.25, 0.3) is 0 Å². The average molecular weight is 746 g/mol. The number of rotatable bonds is 6. The highest BCUT2D eigenvalue weighted by Gasteiger charge is 2.54. The van der Waals surface area contributed by atoms with E-state index < -0.39 is 8.46 Å². The molecule has 2 heteroatoms. The van der Waals surface area contributed by atoms with Crippen LogP contribution >= 0.6 is 23.3 Å². The highest BCUT2D eigenvalue weighted by molar-refractivity contribution is 9.58. The van der Waals surface area contributed by atoms with Crippen molar-refractivity contribution in [2.24, 2.45) is 53.3 Å². The molecule has 0 aromatic heterocycles. The van der Waals surface area contributed by atoms with Gasteiger partial charge < -0.3 is 0 Å². The summed E-state index contributed by atoms with van der Waals surface area (Å²) >= 11 is 4.66. The SMILES string of the molecule is BrS(c1ccc(C23CC4CC(CC(C4)C2)C3)cc1)(c1ccc(C23CC4CC(CC(C4)C2)C3)cc1)c1ccc(C23CC4CC(CC(C4)C2)C3)cc1. The van der Waals surface area contributed by atoms with Crippen molar-refractivity contribution in [3.63, 3.8) is 0 Å². The van der Waals surface area contributed by atoms with Crippen LogP contribution < -0.4 is 0 Å². The van der Waals surface area contributed by atoms with Gasteiger partial charge in [0.1, 0.15) is 0 Å². The van der Waals surface area contributed by atoms with Gasteiger partial charge in [0.2, 0.25) is 0 Å². The Morgan fingerprint density at radius 3 is 0.680 bits per heavy atom. The Morgan fingerprint density at radius 2 is 0.500 bits per heavy atom. The Morgan fingerprint density at radius 1 is 0.320 bits per heavy atom. The fourth-order valence-corrected chi connectivity index (χ4v) is 21.1. The van der Waals surface area contributed by atoms with Gasteiger partial charge in [0, 0.05) is 14.7 Å². The van der Waals surface area contributed by atoms with Gasteiger partial charge in [-0.15, -0.1) is 8.46 Å². The zero-order valence-corrected chi connectivity index (χ0v) is 32.5. The van der Waals surface area contributed by atoms with Crippen LogP contribution in [0.1, 0.15) is 132 Å². The number of halogens is 1. The lowest BCUT2D eigenvalue weighted by Gasteiger charge is -2.57. The third kappa shape index (κ3) is 4.54. The van der Waals surface area contributed by atoms with Crippen molar-refractivity contribution in [1.82, 2.24) is 0 Å². The first kappa shape index (κ1) is 30.9. The largest absolute Gasteiger partial charge is 0.101 e. The van der Waals surface area contributed by atoms with Gasteiger partial charge >= 0.3 is 0 Å². The molecule has 12 aliphatic carbocycles. The molecule has 3 aromatic rings. The van der Waals surface area contributed by atoms with Crippen LogP contribution in [0.3, 0.4) is 0 Å². The zero-order valence-electron chi connectivity index (χ0n) is 30.1. The van der Waals surface area contributed by atoms with Gasteiger partial charge in [-0.05, 0) is 253 Å². The van der Waals surface area contributed by atoms with E-state index in [0.29, 0.717) is 16.2 Å². The van der Waals surface area contributed by atoms with E-state index in [1.807, 2.05) is 0 Å². The summed E-state index contributed by atoms with van der Waals surface area (Å²) < 4.78 is 0. The predicted octanol–water partition coefficient (Wildman–Crippen LogP) is 13.7. The normalized spacial score (nSPS) is 46.3. The molecule has 12 saturated carbocycles. The van der Waals surface area contributed by atoms with Gasteiger partial charge in [-0.25, -0.2) is 0 Å². The second-order valence-corrected chi connectivity index (χ2v) is 26.1. The maximum atomic E-state index is 4.66. The van der Waals surface area contributed by atoms with Crippen molar-refractivity contribution in [2.75, 3.05) is 0 Å². The summed E-state index contributed by atoms with van der Waals surface area (Å²) in [5.41, 5.74) is 6.33. The van der Waals surface area contributed by atoms with Crippen LogP contribution in [0, 0.1) is 53.3 Å². The van der Waals surface area contributed by atoms with Crippen LogP contribution in [-0.2, 0) is 16.2 Å². The fourth-order valence-electron chi connectivity index (χ4n) is 16.8. The third-order valence-corrected chi connectivity index (χ3v) is 23.6. The average Bonchev–Trinajstić information content (AvgIpc) is 3.10. The summed E-state index contributed by atoms with van der Waals surface area (Å²) in [5, 5.41) is 0. The van der Waals surface area contributed by atoms with Crippen LogP contribution in [0.25, 0.3) is 0 Å². The molecule has 3 aromatic carbocycles. The lowest BCUT2D eigenvalue weighted by atomic mass is 9.48. The van der Waals surface area contributed by atoms with Crippen LogP contribution in [0.15, 0.2) is 87.5 Å². The second-order valence-electron chi connectivity index (χ2n) is 20.7. The van der Waals surface area contributed by atoms with Gasteiger partial charge in [-0.3, -0.25) is 0 Å². The Labute approximate surface area is 310 Å². The molecule has 0 nitrogen and oxygen atoms in total. The molecular weight excluding hydrogens is 688 g/mol. The maximum Gasteiger partial charge on any atom is 0.00785 e. The summed E-state index contributed by atoms with van der Waals surface area (Å²) in [7, 11) is -1.58. The molecule has 0 atom stereocenters. The Hall–Kier alpha value is -1.51. The highest BCUT2D eigenvalue weighted by Crippen LogP contribution is 2.75. The molecule has 0 aliphatic heterocycles. The minimum Gasteiger partial charge on any atom is -0.101 e. The number of hydrogen-bond acceptors (Lipinski definition) is 0. The molecule has 0 unspecified atom stereocenters. The summed E-state index contributed by atoms with van der Waals surface area (Å²) in [4.78, 5) is 4.45. The van der Waals surface area contributed by atoms with E-state index in [0.717, 1.165) is 53.3 Å². The first-order chi connectivity index (χ1) is 24.3. The molecule has 0 amide bonds. The Kier molecular flexibility index (Phi) is 6.67. The van der Waals surface area contributed by atoms with Crippen LogP contribution in [0.5, 0.6) is 0 Å². The first-order valence-corrected chi connectivity index (χ1v) is 24.7. The molecule has 50 heavy (non-hydrogen) atoms. The molecule has 0 spiro atoms. The minimum absolute atomic E-state index is 0.455. The summed E-state index contributed by atoms with van der Waals surface area (Å²) in [5.74, 6) is 8.89. The summed E-state index contributed by atoms with van der Waals surface area (Å²) in [6.07, 6.45) is 26.7. The quantitative estimate of drug-likeness (QED) is 0.236. The van der Waals surface area contributed by atoms with Crippen LogP contribution in [0.2, 0.25) is 0 Å². The molecule has 0 saturated heterocycles. The van der Waals surface area contributed by atoms with E-state index >= 15 is 0 Å². The van der Waals surface area contributed by atoms with Gasteiger partial charge in [0.05, 0.1) is 0 Å². The van der Waals surface area contributed by atoms with Crippen molar-refractivity contribution in [1.29, 1.82) is 0 Å². The van der Waals surface area contributed by atoms with Crippen molar-refractivity contribution >= 4 is 23.3 Å². The molecule has 262 valence electrons. The van der Waals surface area contributed by atoms with E-state index in [4.69, 9.17) is 0 Å². The van der Waals surface area contributed by atoms with E-state index in [1.165, 1.54) is 130 Å². The molecule has 0 radical (unpaired) electrons. The Balaban J connectivity index is 0.919. The van der Waals surface area contributed by atoms with Crippen molar-refractivity contribution < 1.29 is 0 Å². The molecule has 0 N–H and O–H groups in total. The van der Waals surface area contributed by atoms with Gasteiger partial charge in [-0.2, -0.15) is 0 Å². The lowest BCUT2D eigenvalue weighted by Crippen LogP contribution is -2.48. The predicted molar refractivity (Wildman–Crippen MR) is 210 cm³/mol. The topological polar surface area (TPSA) is 0 Å². The van der Waals surface area contributed by atoms with E-state index in [9.17, 15) is 0 Å². The molecule has 12 bridgehead atoms. The minimum atomic E-state index is -1.58. The zero-order chi connectivity index (χ0) is 32.9. The van der Waals surface area contributed by atoms with Gasteiger partial charge in [-0.1, -0.05) is 36.4 Å². The van der Waals surface area contributed by atoms with Crippen LogP contribution in [-0.4, -0.2) is 0 Å². The lowest BCUT2D eigenvalue weighted by molar-refractivity contribution is -0.00532. The second kappa shape index (κ2) is 10.8. The smallest absolute Gasteiger partial charge is 0.00785 e. The number of hydrogen-bond donors (Lipinski definition) is 0. The van der Waals surface area contributed by atoms with Crippen molar-refractivity contribution in [3.8, 4) is 0 Å². The fraction of sp³-hybridized carbons (Fsp3) is 0.625. The summed E-state index contributed by atoms with van der Waals surface area (Å²) in [6, 6.07) is 31.0. The monoisotopic (exact) mass is 744 g/mol. The molecule has 0 heterocycles. The van der Waals surface area contributed by atoms with E-state index in [2.05, 4.69) is 87.6 Å². The molecule has 12 aliphatic rings.